The molecule has 6 heteroatoms. The molecule has 1 saturated heterocycles. The fourth-order valence-electron chi connectivity index (χ4n) is 3.75. The molecular weight excluding hydrogens is 388 g/mol. The number of carbonyl (C=O) groups excluding carboxylic acids is 1. The van der Waals surface area contributed by atoms with Gasteiger partial charge in [-0.15, -0.1) is 11.3 Å². The summed E-state index contributed by atoms with van der Waals surface area (Å²) >= 11 is 3.25. The second kappa shape index (κ2) is 8.90. The zero-order valence-electron chi connectivity index (χ0n) is 15.9. The topological polar surface area (TPSA) is 32.8 Å². The first kappa shape index (κ1) is 19.2. The van der Waals surface area contributed by atoms with Gasteiger partial charge in [-0.1, -0.05) is 12.1 Å². The molecule has 0 bridgehead atoms. The summed E-state index contributed by atoms with van der Waals surface area (Å²) in [6, 6.07) is 14.1. The molecule has 146 valence electrons. The minimum Gasteiger partial charge on any atom is -0.497 e. The number of likely N-dealkylation sites (tertiary alicyclic amines) is 1. The fraction of sp³-hybridized carbons (Fsp3) is 0.318. The van der Waals surface area contributed by atoms with Crippen LogP contribution < -0.4 is 9.64 Å². The molecule has 3 aromatic rings. The number of piperidine rings is 1. The van der Waals surface area contributed by atoms with Crippen LogP contribution in [0.4, 0.5) is 5.69 Å². The van der Waals surface area contributed by atoms with Crippen molar-refractivity contribution in [2.75, 3.05) is 25.1 Å². The van der Waals surface area contributed by atoms with Gasteiger partial charge in [0, 0.05) is 37.4 Å². The molecule has 2 aromatic heterocycles. The van der Waals surface area contributed by atoms with Crippen molar-refractivity contribution in [3.05, 3.63) is 69.0 Å². The highest BCUT2D eigenvalue weighted by atomic mass is 32.1. The van der Waals surface area contributed by atoms with Gasteiger partial charge in [0.1, 0.15) is 5.75 Å². The van der Waals surface area contributed by atoms with Crippen LogP contribution in [-0.2, 0) is 6.54 Å². The van der Waals surface area contributed by atoms with Gasteiger partial charge in [-0.25, -0.2) is 0 Å². The van der Waals surface area contributed by atoms with Gasteiger partial charge < -0.3 is 9.64 Å². The zero-order chi connectivity index (χ0) is 19.3. The maximum Gasteiger partial charge on any atom is 0.268 e. The molecule has 0 radical (unpaired) electrons. The number of benzene rings is 1. The third kappa shape index (κ3) is 4.29. The Hall–Kier alpha value is -2.15. The molecule has 4 nitrogen and oxygen atoms in total. The lowest BCUT2D eigenvalue weighted by molar-refractivity contribution is 0.0962. The summed E-state index contributed by atoms with van der Waals surface area (Å²) in [6.45, 7) is 2.99. The first-order chi connectivity index (χ1) is 13.7. The van der Waals surface area contributed by atoms with E-state index in [1.54, 1.807) is 18.4 Å². The van der Waals surface area contributed by atoms with E-state index in [2.05, 4.69) is 21.7 Å². The lowest BCUT2D eigenvalue weighted by atomic mass is 10.0. The minimum absolute atomic E-state index is 0.0829. The number of thiophene rings is 2. The number of hydrogen-bond donors (Lipinski definition) is 0. The van der Waals surface area contributed by atoms with Crippen LogP contribution in [-0.4, -0.2) is 37.0 Å². The standard InChI is InChI=1S/C22H24N2O2S2/c1-26-20-5-2-4-19(14-20)24(22(25)21-6-3-12-28-21)18-7-10-23(11-8-18)15-17-9-13-27-16-17/h2-6,9,12-14,16,18H,7-8,10-11,15H2,1H3. The van der Waals surface area contributed by atoms with Crippen molar-refractivity contribution in [3.8, 4) is 5.75 Å². The Balaban J connectivity index is 1.53. The molecule has 3 heterocycles. The average Bonchev–Trinajstić information content (AvgIpc) is 3.44. The van der Waals surface area contributed by atoms with Gasteiger partial charge in [0.25, 0.3) is 5.91 Å². The number of anilines is 1. The number of nitrogens with zero attached hydrogens (tertiary/aromatic N) is 2. The van der Waals surface area contributed by atoms with Crippen LogP contribution in [0.25, 0.3) is 0 Å². The van der Waals surface area contributed by atoms with Gasteiger partial charge in [-0.3, -0.25) is 9.69 Å². The van der Waals surface area contributed by atoms with Gasteiger partial charge in [-0.2, -0.15) is 11.3 Å². The summed E-state index contributed by atoms with van der Waals surface area (Å²) < 4.78 is 5.40. The van der Waals surface area contributed by atoms with Crippen molar-refractivity contribution in [3.63, 3.8) is 0 Å². The lowest BCUT2D eigenvalue weighted by Gasteiger charge is -2.38. The van der Waals surface area contributed by atoms with E-state index in [-0.39, 0.29) is 11.9 Å². The molecular formula is C22H24N2O2S2. The van der Waals surface area contributed by atoms with Crippen molar-refractivity contribution in [2.45, 2.75) is 25.4 Å². The van der Waals surface area contributed by atoms with Gasteiger partial charge in [0.05, 0.1) is 12.0 Å². The Morgan fingerprint density at radius 3 is 2.71 bits per heavy atom. The number of amides is 1. The molecule has 1 fully saturated rings. The molecule has 0 spiro atoms. The average molecular weight is 413 g/mol. The number of rotatable bonds is 6. The predicted molar refractivity (Wildman–Crippen MR) is 117 cm³/mol. The Labute approximate surface area is 174 Å². The van der Waals surface area contributed by atoms with Crippen molar-refractivity contribution in [2.24, 2.45) is 0 Å². The SMILES string of the molecule is COc1cccc(N(C(=O)c2cccs2)C2CCN(Cc3ccsc3)CC2)c1. The quantitative estimate of drug-likeness (QED) is 0.563. The number of carbonyl (C=O) groups is 1. The molecule has 1 aromatic carbocycles. The van der Waals surface area contributed by atoms with Crippen LogP contribution in [0.2, 0.25) is 0 Å². The van der Waals surface area contributed by atoms with Gasteiger partial charge in [-0.05, 0) is 58.8 Å². The maximum atomic E-state index is 13.3. The third-order valence-electron chi connectivity index (χ3n) is 5.19. The number of ether oxygens (including phenoxy) is 1. The molecule has 1 aliphatic heterocycles. The second-order valence-electron chi connectivity index (χ2n) is 6.99. The van der Waals surface area contributed by atoms with Crippen molar-refractivity contribution >= 4 is 34.3 Å². The predicted octanol–water partition coefficient (Wildman–Crippen LogP) is 5.13. The number of methoxy groups -OCH3 is 1. The second-order valence-corrected chi connectivity index (χ2v) is 8.72. The van der Waals surface area contributed by atoms with Crippen LogP contribution in [0.5, 0.6) is 5.75 Å². The van der Waals surface area contributed by atoms with Crippen LogP contribution in [0.1, 0.15) is 28.1 Å². The summed E-state index contributed by atoms with van der Waals surface area (Å²) in [7, 11) is 1.66. The molecule has 4 rings (SSSR count). The summed E-state index contributed by atoms with van der Waals surface area (Å²) in [5.41, 5.74) is 2.29. The van der Waals surface area contributed by atoms with E-state index in [4.69, 9.17) is 4.74 Å². The van der Waals surface area contributed by atoms with E-state index >= 15 is 0 Å². The lowest BCUT2D eigenvalue weighted by Crippen LogP contribution is -2.47. The van der Waals surface area contributed by atoms with Crippen LogP contribution in [0.15, 0.2) is 58.6 Å². The van der Waals surface area contributed by atoms with Crippen molar-refractivity contribution in [1.82, 2.24) is 4.90 Å². The largest absolute Gasteiger partial charge is 0.497 e. The molecule has 1 aliphatic rings. The van der Waals surface area contributed by atoms with Crippen molar-refractivity contribution < 1.29 is 9.53 Å². The Morgan fingerprint density at radius 1 is 1.18 bits per heavy atom. The van der Waals surface area contributed by atoms with Crippen LogP contribution in [0, 0.1) is 0 Å². The van der Waals surface area contributed by atoms with Crippen LogP contribution >= 0.6 is 22.7 Å². The fourth-order valence-corrected chi connectivity index (χ4v) is 5.07. The van der Waals surface area contributed by atoms with Crippen LogP contribution in [0.3, 0.4) is 0 Å². The minimum atomic E-state index is 0.0829. The monoisotopic (exact) mass is 412 g/mol. The molecule has 1 amide bonds. The highest BCUT2D eigenvalue weighted by Crippen LogP contribution is 2.30. The van der Waals surface area contributed by atoms with E-state index in [1.807, 2.05) is 46.7 Å². The maximum absolute atomic E-state index is 13.3. The third-order valence-corrected chi connectivity index (χ3v) is 6.78. The normalized spacial score (nSPS) is 15.5. The van der Waals surface area contributed by atoms with E-state index in [1.165, 1.54) is 16.9 Å². The zero-order valence-corrected chi connectivity index (χ0v) is 17.5. The molecule has 0 saturated carbocycles. The first-order valence-electron chi connectivity index (χ1n) is 9.49. The van der Waals surface area contributed by atoms with E-state index in [9.17, 15) is 4.79 Å². The van der Waals surface area contributed by atoms with Gasteiger partial charge in [0.2, 0.25) is 0 Å². The summed E-state index contributed by atoms with van der Waals surface area (Å²) in [6.07, 6.45) is 1.94. The van der Waals surface area contributed by atoms with E-state index in [0.717, 1.165) is 48.8 Å². The Bertz CT molecular complexity index is 885. The molecule has 0 atom stereocenters. The Kier molecular flexibility index (Phi) is 6.10. The number of hydrogen-bond acceptors (Lipinski definition) is 5. The summed E-state index contributed by atoms with van der Waals surface area (Å²) in [5.74, 6) is 0.857. The highest BCUT2D eigenvalue weighted by molar-refractivity contribution is 7.12. The highest BCUT2D eigenvalue weighted by Gasteiger charge is 2.30. The van der Waals surface area contributed by atoms with Gasteiger partial charge in [0.15, 0.2) is 0 Å². The molecule has 0 N–H and O–H groups in total. The van der Waals surface area contributed by atoms with Gasteiger partial charge >= 0.3 is 0 Å². The van der Waals surface area contributed by atoms with E-state index in [0.29, 0.717) is 0 Å². The summed E-state index contributed by atoms with van der Waals surface area (Å²) in [5, 5.41) is 6.31. The summed E-state index contributed by atoms with van der Waals surface area (Å²) in [4.78, 5) is 18.6. The van der Waals surface area contributed by atoms with Crippen molar-refractivity contribution in [1.29, 1.82) is 0 Å². The molecule has 28 heavy (non-hydrogen) atoms. The smallest absolute Gasteiger partial charge is 0.268 e. The first-order valence-corrected chi connectivity index (χ1v) is 11.3. The van der Waals surface area contributed by atoms with E-state index < -0.39 is 0 Å². The molecule has 0 aliphatic carbocycles. The molecule has 0 unspecified atom stereocenters. The Morgan fingerprint density at radius 2 is 2.04 bits per heavy atom.